The molecule has 0 aromatic rings. The Labute approximate surface area is 157 Å². The molecule has 0 N–H and O–H groups in total. The number of hydrogen-bond acceptors (Lipinski definition) is 4. The number of allylic oxidation sites excluding steroid dienone is 2. The zero-order valence-corrected chi connectivity index (χ0v) is 15.0. The first-order chi connectivity index (χ1) is 13.1. The zero-order chi connectivity index (χ0) is 19.0. The molecule has 27 heavy (non-hydrogen) atoms. The van der Waals surface area contributed by atoms with Gasteiger partial charge in [0.1, 0.15) is 0 Å². The third-order valence-corrected chi connectivity index (χ3v) is 5.93. The number of amides is 4. The molecule has 0 radical (unpaired) electrons. The first-order valence-corrected chi connectivity index (χ1v) is 9.50. The fraction of sp³-hybridized carbons (Fsp3) is 0.429. The summed E-state index contributed by atoms with van der Waals surface area (Å²) in [5.41, 5.74) is 0. The number of nitrogens with zero attached hydrogens (tertiary/aromatic N) is 2. The topological polar surface area (TPSA) is 74.8 Å². The van der Waals surface area contributed by atoms with E-state index >= 15 is 0 Å². The van der Waals surface area contributed by atoms with Gasteiger partial charge in [0.15, 0.2) is 0 Å². The molecule has 4 rings (SSSR count). The van der Waals surface area contributed by atoms with Crippen LogP contribution in [0.2, 0.25) is 0 Å². The monoisotopic (exact) mass is 366 g/mol. The number of hydrogen-bond donors (Lipinski definition) is 0. The van der Waals surface area contributed by atoms with Crippen LogP contribution in [0.15, 0.2) is 48.6 Å². The molecule has 0 aromatic carbocycles. The van der Waals surface area contributed by atoms with Gasteiger partial charge in [-0.15, -0.1) is 0 Å². The second-order valence-corrected chi connectivity index (χ2v) is 7.51. The fourth-order valence-corrected chi connectivity index (χ4v) is 4.66. The number of carbonyl (C=O) groups is 4. The van der Waals surface area contributed by atoms with Crippen molar-refractivity contribution in [2.75, 3.05) is 0 Å². The van der Waals surface area contributed by atoms with Gasteiger partial charge >= 0.3 is 0 Å². The van der Waals surface area contributed by atoms with Crippen molar-refractivity contribution in [3.05, 3.63) is 48.6 Å². The maximum absolute atomic E-state index is 12.1. The van der Waals surface area contributed by atoms with Crippen molar-refractivity contribution in [2.45, 2.75) is 44.2 Å². The Bertz CT molecular complexity index is 705. The highest BCUT2D eigenvalue weighted by Crippen LogP contribution is 2.36. The molecule has 2 aliphatic carbocycles. The van der Waals surface area contributed by atoms with Crippen molar-refractivity contribution in [1.82, 2.24) is 9.80 Å². The van der Waals surface area contributed by atoms with Gasteiger partial charge in [0.25, 0.3) is 23.6 Å². The molecule has 4 aliphatic rings. The summed E-state index contributed by atoms with van der Waals surface area (Å²) in [6.45, 7) is 0. The lowest BCUT2D eigenvalue weighted by Crippen LogP contribution is -2.48. The van der Waals surface area contributed by atoms with E-state index in [1.165, 1.54) is 34.1 Å². The average molecular weight is 366 g/mol. The third-order valence-electron chi connectivity index (χ3n) is 5.93. The van der Waals surface area contributed by atoms with Crippen LogP contribution in [0.5, 0.6) is 0 Å². The number of rotatable bonds is 4. The minimum Gasteiger partial charge on any atom is -0.269 e. The van der Waals surface area contributed by atoms with Gasteiger partial charge in [-0.1, -0.05) is 24.3 Å². The Morgan fingerprint density at radius 1 is 0.667 bits per heavy atom. The van der Waals surface area contributed by atoms with E-state index in [4.69, 9.17) is 0 Å². The van der Waals surface area contributed by atoms with Crippen LogP contribution in [0.3, 0.4) is 0 Å². The van der Waals surface area contributed by atoms with Crippen LogP contribution in [-0.2, 0) is 19.2 Å². The summed E-state index contributed by atoms with van der Waals surface area (Å²) < 4.78 is 0. The molecule has 0 aromatic heterocycles. The van der Waals surface area contributed by atoms with Gasteiger partial charge in [-0.05, 0) is 43.9 Å². The van der Waals surface area contributed by atoms with Crippen LogP contribution < -0.4 is 0 Å². The highest BCUT2D eigenvalue weighted by atomic mass is 16.2. The van der Waals surface area contributed by atoms with Crippen LogP contribution in [-0.4, -0.2) is 45.5 Å². The van der Waals surface area contributed by atoms with Gasteiger partial charge in [-0.3, -0.25) is 29.0 Å². The van der Waals surface area contributed by atoms with Crippen molar-refractivity contribution in [2.24, 2.45) is 11.8 Å². The SMILES string of the molecule is O=C1C=CC(=O)N1C1C=CCCC1CC1CCC=CC1N1C(=O)C=CC1=O. The van der Waals surface area contributed by atoms with E-state index in [9.17, 15) is 19.2 Å². The predicted molar refractivity (Wildman–Crippen MR) is 97.9 cm³/mol. The molecule has 6 heteroatoms. The summed E-state index contributed by atoms with van der Waals surface area (Å²) >= 11 is 0. The summed E-state index contributed by atoms with van der Waals surface area (Å²) in [6, 6.07) is -0.521. The van der Waals surface area contributed by atoms with Crippen LogP contribution in [0.1, 0.15) is 32.1 Å². The maximum atomic E-state index is 12.1. The van der Waals surface area contributed by atoms with E-state index in [0.717, 1.165) is 32.1 Å². The molecule has 0 saturated carbocycles. The molecular formula is C21H22N2O4. The van der Waals surface area contributed by atoms with E-state index < -0.39 is 0 Å². The minimum atomic E-state index is -0.268. The van der Waals surface area contributed by atoms with E-state index in [-0.39, 0.29) is 47.5 Å². The molecule has 2 heterocycles. The summed E-state index contributed by atoms with van der Waals surface area (Å²) in [4.78, 5) is 51.3. The molecule has 0 spiro atoms. The van der Waals surface area contributed by atoms with Crippen molar-refractivity contribution < 1.29 is 19.2 Å². The van der Waals surface area contributed by atoms with Gasteiger partial charge in [0.2, 0.25) is 0 Å². The lowest BCUT2D eigenvalue weighted by atomic mass is 9.76. The second-order valence-electron chi connectivity index (χ2n) is 7.51. The Balaban J connectivity index is 1.54. The van der Waals surface area contributed by atoms with Crippen molar-refractivity contribution in [3.8, 4) is 0 Å². The predicted octanol–water partition coefficient (Wildman–Crippen LogP) is 1.90. The summed E-state index contributed by atoms with van der Waals surface area (Å²) in [5.74, 6) is -0.817. The quantitative estimate of drug-likeness (QED) is 0.563. The lowest BCUT2D eigenvalue weighted by Gasteiger charge is -2.39. The summed E-state index contributed by atoms with van der Waals surface area (Å²) in [6.07, 6.45) is 17.6. The third kappa shape index (κ3) is 3.20. The van der Waals surface area contributed by atoms with Crippen LogP contribution >= 0.6 is 0 Å². The van der Waals surface area contributed by atoms with Gasteiger partial charge in [-0.25, -0.2) is 0 Å². The maximum Gasteiger partial charge on any atom is 0.254 e. The minimum absolute atomic E-state index is 0.127. The first-order valence-electron chi connectivity index (χ1n) is 9.50. The van der Waals surface area contributed by atoms with Crippen molar-refractivity contribution >= 4 is 23.6 Å². The van der Waals surface area contributed by atoms with E-state index in [2.05, 4.69) is 0 Å². The van der Waals surface area contributed by atoms with E-state index in [1.54, 1.807) is 0 Å². The van der Waals surface area contributed by atoms with Crippen molar-refractivity contribution in [3.63, 3.8) is 0 Å². The standard InChI is InChI=1S/C21H22N2O4/c24-18-9-10-19(25)22(18)16-7-3-1-5-14(16)13-15-6-2-4-8-17(15)23-20(26)11-12-21(23)27/h3-4,7-12,14-17H,1-2,5-6,13H2. The van der Waals surface area contributed by atoms with Gasteiger partial charge in [0, 0.05) is 24.3 Å². The summed E-state index contributed by atoms with van der Waals surface area (Å²) in [7, 11) is 0. The highest BCUT2D eigenvalue weighted by molar-refractivity contribution is 6.14. The number of carbonyl (C=O) groups excluding carboxylic acids is 4. The van der Waals surface area contributed by atoms with Crippen LogP contribution in [0.4, 0.5) is 0 Å². The van der Waals surface area contributed by atoms with E-state index in [0.29, 0.717) is 0 Å². The molecule has 4 atom stereocenters. The Morgan fingerprint density at radius 2 is 1.04 bits per heavy atom. The largest absolute Gasteiger partial charge is 0.269 e. The highest BCUT2D eigenvalue weighted by Gasteiger charge is 2.40. The van der Waals surface area contributed by atoms with Gasteiger partial charge < -0.3 is 0 Å². The molecule has 2 aliphatic heterocycles. The van der Waals surface area contributed by atoms with Crippen LogP contribution in [0, 0.1) is 11.8 Å². The molecule has 140 valence electrons. The Hall–Kier alpha value is -2.76. The van der Waals surface area contributed by atoms with Gasteiger partial charge in [0.05, 0.1) is 12.1 Å². The van der Waals surface area contributed by atoms with Gasteiger partial charge in [-0.2, -0.15) is 0 Å². The normalized spacial score (nSPS) is 33.0. The molecular weight excluding hydrogens is 344 g/mol. The number of imide groups is 2. The van der Waals surface area contributed by atoms with Crippen molar-refractivity contribution in [1.29, 1.82) is 0 Å². The molecule has 4 amide bonds. The Kier molecular flexibility index (Phi) is 4.64. The molecule has 4 unspecified atom stereocenters. The summed E-state index contributed by atoms with van der Waals surface area (Å²) in [5, 5.41) is 0. The van der Waals surface area contributed by atoms with Crippen LogP contribution in [0.25, 0.3) is 0 Å². The molecule has 0 bridgehead atoms. The lowest BCUT2D eigenvalue weighted by molar-refractivity contribution is -0.140. The second kappa shape index (κ2) is 7.10. The average Bonchev–Trinajstić information content (AvgIpc) is 3.17. The molecule has 0 fully saturated rings. The molecule has 6 nitrogen and oxygen atoms in total. The first kappa shape index (κ1) is 17.6. The smallest absolute Gasteiger partial charge is 0.254 e. The van der Waals surface area contributed by atoms with E-state index in [1.807, 2.05) is 24.3 Å². The Morgan fingerprint density at radius 3 is 1.41 bits per heavy atom. The fourth-order valence-electron chi connectivity index (χ4n) is 4.66. The molecule has 0 saturated heterocycles. The zero-order valence-electron chi connectivity index (χ0n) is 15.0.